The number of carboxylic acid groups (broad SMARTS) is 1. The van der Waals surface area contributed by atoms with Crippen molar-refractivity contribution in [3.63, 3.8) is 0 Å². The van der Waals surface area contributed by atoms with Crippen molar-refractivity contribution in [1.29, 1.82) is 0 Å². The van der Waals surface area contributed by atoms with Gasteiger partial charge in [0, 0.05) is 20.3 Å². The Labute approximate surface area is 112 Å². The van der Waals surface area contributed by atoms with E-state index in [9.17, 15) is 9.59 Å². The summed E-state index contributed by atoms with van der Waals surface area (Å²) in [6.45, 7) is 1.25. The molecule has 1 heterocycles. The van der Waals surface area contributed by atoms with Crippen LogP contribution in [0.1, 0.15) is 25.7 Å². The van der Waals surface area contributed by atoms with E-state index >= 15 is 0 Å². The van der Waals surface area contributed by atoms with E-state index in [0.717, 1.165) is 25.9 Å². The van der Waals surface area contributed by atoms with Crippen LogP contribution in [0.15, 0.2) is 0 Å². The Morgan fingerprint density at radius 3 is 2.79 bits per heavy atom. The summed E-state index contributed by atoms with van der Waals surface area (Å²) in [7, 11) is 1.29. The van der Waals surface area contributed by atoms with Crippen molar-refractivity contribution >= 4 is 12.0 Å². The molecular formula is C12H22N2O5. The van der Waals surface area contributed by atoms with Crippen LogP contribution in [0.2, 0.25) is 0 Å². The van der Waals surface area contributed by atoms with Crippen LogP contribution in [-0.4, -0.2) is 56.1 Å². The maximum Gasteiger partial charge on any atom is 0.334 e. The second-order valence-corrected chi connectivity index (χ2v) is 4.48. The molecule has 7 nitrogen and oxygen atoms in total. The fraction of sp³-hybridized carbons (Fsp3) is 0.833. The Bertz CT molecular complexity index is 292. The van der Waals surface area contributed by atoms with Crippen molar-refractivity contribution in [2.24, 2.45) is 0 Å². The van der Waals surface area contributed by atoms with Gasteiger partial charge in [-0.05, 0) is 25.7 Å². The molecule has 19 heavy (non-hydrogen) atoms. The average molecular weight is 274 g/mol. The molecule has 0 radical (unpaired) electrons. The van der Waals surface area contributed by atoms with Gasteiger partial charge in [-0.25, -0.2) is 9.59 Å². The summed E-state index contributed by atoms with van der Waals surface area (Å²) in [5.74, 6) is -1.10. The lowest BCUT2D eigenvalue weighted by atomic mass is 10.1. The number of carbonyl (C=O) groups excluding carboxylic acids is 1. The Balaban J connectivity index is 2.08. The summed E-state index contributed by atoms with van der Waals surface area (Å²) in [6.07, 6.45) is 3.30. The lowest BCUT2D eigenvalue weighted by Gasteiger charge is -2.22. The van der Waals surface area contributed by atoms with Gasteiger partial charge in [-0.1, -0.05) is 0 Å². The Kier molecular flexibility index (Phi) is 7.20. The van der Waals surface area contributed by atoms with E-state index in [2.05, 4.69) is 10.6 Å². The largest absolute Gasteiger partial charge is 0.479 e. The fourth-order valence-corrected chi connectivity index (χ4v) is 1.90. The summed E-state index contributed by atoms with van der Waals surface area (Å²) in [5, 5.41) is 13.8. The molecule has 1 saturated heterocycles. The zero-order valence-corrected chi connectivity index (χ0v) is 11.2. The molecule has 0 bridgehead atoms. The van der Waals surface area contributed by atoms with Gasteiger partial charge in [0.25, 0.3) is 0 Å². The molecule has 0 aromatic heterocycles. The number of hydrogen-bond donors (Lipinski definition) is 3. The normalized spacial score (nSPS) is 20.6. The van der Waals surface area contributed by atoms with Gasteiger partial charge in [0.2, 0.25) is 0 Å². The first kappa shape index (κ1) is 15.7. The van der Waals surface area contributed by atoms with Gasteiger partial charge < -0.3 is 25.2 Å². The first-order chi connectivity index (χ1) is 9.13. The molecule has 2 atom stereocenters. The van der Waals surface area contributed by atoms with Crippen molar-refractivity contribution in [3.8, 4) is 0 Å². The molecule has 0 saturated carbocycles. The van der Waals surface area contributed by atoms with E-state index in [0.29, 0.717) is 6.54 Å². The molecule has 7 heteroatoms. The number of carboxylic acids is 1. The van der Waals surface area contributed by atoms with Crippen LogP contribution in [0.4, 0.5) is 4.79 Å². The summed E-state index contributed by atoms with van der Waals surface area (Å²) in [6, 6.07) is -0.390. The molecule has 3 N–H and O–H groups in total. The van der Waals surface area contributed by atoms with Crippen LogP contribution in [0.5, 0.6) is 0 Å². The van der Waals surface area contributed by atoms with Gasteiger partial charge in [-0.2, -0.15) is 0 Å². The number of carbonyl (C=O) groups is 2. The minimum atomic E-state index is -1.10. The molecule has 0 aromatic carbocycles. The average Bonchev–Trinajstić information content (AvgIpc) is 2.40. The van der Waals surface area contributed by atoms with Crippen LogP contribution < -0.4 is 10.6 Å². The zero-order valence-electron chi connectivity index (χ0n) is 11.2. The first-order valence-electron chi connectivity index (χ1n) is 6.52. The van der Waals surface area contributed by atoms with Crippen LogP contribution in [0, 0.1) is 0 Å². The smallest absolute Gasteiger partial charge is 0.334 e. The molecule has 0 aliphatic carbocycles. The third kappa shape index (κ3) is 6.40. The number of aliphatic carboxylic acids is 1. The lowest BCUT2D eigenvalue weighted by molar-refractivity contribution is -0.147. The summed E-state index contributed by atoms with van der Waals surface area (Å²) in [5.41, 5.74) is 0. The molecular weight excluding hydrogens is 252 g/mol. The van der Waals surface area contributed by atoms with E-state index < -0.39 is 12.1 Å². The molecule has 0 spiro atoms. The number of nitrogens with one attached hydrogen (secondary N) is 2. The highest BCUT2D eigenvalue weighted by Gasteiger charge is 2.17. The third-order valence-corrected chi connectivity index (χ3v) is 3.03. The second kappa shape index (κ2) is 8.71. The number of hydrogen-bond acceptors (Lipinski definition) is 4. The molecule has 0 aromatic rings. The van der Waals surface area contributed by atoms with E-state index in [-0.39, 0.29) is 18.7 Å². The van der Waals surface area contributed by atoms with E-state index in [1.54, 1.807) is 0 Å². The minimum absolute atomic E-state index is 0.0579. The monoisotopic (exact) mass is 274 g/mol. The predicted octanol–water partition coefficient (Wildman–Crippen LogP) is 0.344. The third-order valence-electron chi connectivity index (χ3n) is 3.03. The molecule has 2 unspecified atom stereocenters. The summed E-state index contributed by atoms with van der Waals surface area (Å²) < 4.78 is 10.2. The van der Waals surface area contributed by atoms with Gasteiger partial charge in [-0.3, -0.25) is 0 Å². The van der Waals surface area contributed by atoms with Gasteiger partial charge >= 0.3 is 12.0 Å². The second-order valence-electron chi connectivity index (χ2n) is 4.48. The van der Waals surface area contributed by atoms with Crippen molar-refractivity contribution in [3.05, 3.63) is 0 Å². The lowest BCUT2D eigenvalue weighted by Crippen LogP contribution is -2.43. The number of methoxy groups -OCH3 is 1. The number of ether oxygens (including phenoxy) is 2. The SMILES string of the molecule is COC(CNC(=O)NCCC1CCCCO1)C(=O)O. The van der Waals surface area contributed by atoms with Crippen molar-refractivity contribution < 1.29 is 24.2 Å². The number of amides is 2. The zero-order chi connectivity index (χ0) is 14.1. The Morgan fingerprint density at radius 1 is 1.42 bits per heavy atom. The highest BCUT2D eigenvalue weighted by molar-refractivity contribution is 5.76. The minimum Gasteiger partial charge on any atom is -0.479 e. The van der Waals surface area contributed by atoms with Crippen LogP contribution in [0.25, 0.3) is 0 Å². The Hall–Kier alpha value is -1.34. The standard InChI is InChI=1S/C12H22N2O5/c1-18-10(11(15)16)8-14-12(17)13-6-5-9-4-2-3-7-19-9/h9-10H,2-8H2,1H3,(H,15,16)(H2,13,14,17). The molecule has 1 aliphatic rings. The van der Waals surface area contributed by atoms with Gasteiger partial charge in [0.15, 0.2) is 6.10 Å². The molecule has 1 fully saturated rings. The highest BCUT2D eigenvalue weighted by atomic mass is 16.5. The van der Waals surface area contributed by atoms with Gasteiger partial charge in [0.1, 0.15) is 0 Å². The molecule has 110 valence electrons. The molecule has 1 aliphatic heterocycles. The highest BCUT2D eigenvalue weighted by Crippen LogP contribution is 2.14. The van der Waals surface area contributed by atoms with E-state index in [1.807, 2.05) is 0 Å². The van der Waals surface area contributed by atoms with Crippen molar-refractivity contribution in [2.45, 2.75) is 37.9 Å². The summed E-state index contributed by atoms with van der Waals surface area (Å²) in [4.78, 5) is 22.1. The van der Waals surface area contributed by atoms with Gasteiger partial charge in [-0.15, -0.1) is 0 Å². The topological polar surface area (TPSA) is 96.9 Å². The number of rotatable bonds is 7. The molecule has 1 rings (SSSR count). The molecule has 2 amide bonds. The predicted molar refractivity (Wildman–Crippen MR) is 68.0 cm³/mol. The van der Waals surface area contributed by atoms with E-state index in [4.69, 9.17) is 14.6 Å². The van der Waals surface area contributed by atoms with Crippen LogP contribution >= 0.6 is 0 Å². The van der Waals surface area contributed by atoms with E-state index in [1.165, 1.54) is 13.5 Å². The first-order valence-corrected chi connectivity index (χ1v) is 6.52. The van der Waals surface area contributed by atoms with Crippen LogP contribution in [0.3, 0.4) is 0 Å². The van der Waals surface area contributed by atoms with Gasteiger partial charge in [0.05, 0.1) is 12.6 Å². The summed E-state index contributed by atoms with van der Waals surface area (Å²) >= 11 is 0. The maximum absolute atomic E-state index is 11.4. The fourth-order valence-electron chi connectivity index (χ4n) is 1.90. The Morgan fingerprint density at radius 2 is 2.21 bits per heavy atom. The van der Waals surface area contributed by atoms with Crippen LogP contribution in [-0.2, 0) is 14.3 Å². The number of urea groups is 1. The van der Waals surface area contributed by atoms with Crippen molar-refractivity contribution in [1.82, 2.24) is 10.6 Å². The van der Waals surface area contributed by atoms with Crippen molar-refractivity contribution in [2.75, 3.05) is 26.8 Å². The maximum atomic E-state index is 11.4. The quantitative estimate of drug-likeness (QED) is 0.622.